The summed E-state index contributed by atoms with van der Waals surface area (Å²) in [4.78, 5) is 0. The molecule has 0 spiro atoms. The first kappa shape index (κ1) is 12.7. The van der Waals surface area contributed by atoms with Crippen LogP contribution in [0.2, 0.25) is 5.02 Å². The Morgan fingerprint density at radius 3 is 2.59 bits per heavy atom. The van der Waals surface area contributed by atoms with Crippen molar-refractivity contribution in [2.45, 2.75) is 38.1 Å². The summed E-state index contributed by atoms with van der Waals surface area (Å²) in [5.41, 5.74) is 6.56. The van der Waals surface area contributed by atoms with Crippen molar-refractivity contribution >= 4 is 11.6 Å². The second-order valence-electron chi connectivity index (χ2n) is 4.75. The van der Waals surface area contributed by atoms with Gasteiger partial charge in [0, 0.05) is 16.6 Å². The van der Waals surface area contributed by atoms with E-state index in [-0.39, 0.29) is 16.8 Å². The summed E-state index contributed by atoms with van der Waals surface area (Å²) in [5.74, 6) is -0.737. The Bertz CT molecular complexity index is 405. The van der Waals surface area contributed by atoms with Crippen LogP contribution in [-0.2, 0) is 0 Å². The fourth-order valence-electron chi connectivity index (χ4n) is 2.59. The number of aromatic hydroxyl groups is 1. The average Bonchev–Trinajstić information content (AvgIpc) is 2.34. The van der Waals surface area contributed by atoms with Crippen LogP contribution in [0.15, 0.2) is 12.1 Å². The molecule has 1 atom stereocenters. The summed E-state index contributed by atoms with van der Waals surface area (Å²) in [6.07, 6.45) is 5.62. The molecule has 1 fully saturated rings. The van der Waals surface area contributed by atoms with E-state index in [4.69, 9.17) is 17.3 Å². The highest BCUT2D eigenvalue weighted by atomic mass is 35.5. The summed E-state index contributed by atoms with van der Waals surface area (Å²) >= 11 is 5.80. The molecule has 1 aliphatic rings. The van der Waals surface area contributed by atoms with Crippen LogP contribution in [0.4, 0.5) is 4.39 Å². The fourth-order valence-corrected chi connectivity index (χ4v) is 2.80. The third-order valence-electron chi connectivity index (χ3n) is 3.57. The summed E-state index contributed by atoms with van der Waals surface area (Å²) < 4.78 is 13.4. The Labute approximate surface area is 106 Å². The van der Waals surface area contributed by atoms with Gasteiger partial charge in [-0.15, -0.1) is 0 Å². The third-order valence-corrected chi connectivity index (χ3v) is 3.79. The van der Waals surface area contributed by atoms with E-state index in [2.05, 4.69) is 0 Å². The third kappa shape index (κ3) is 2.72. The summed E-state index contributed by atoms with van der Waals surface area (Å²) in [6.45, 7) is 0. The van der Waals surface area contributed by atoms with Crippen molar-refractivity contribution in [2.75, 3.05) is 0 Å². The first-order valence-corrected chi connectivity index (χ1v) is 6.41. The minimum atomic E-state index is -0.696. The van der Waals surface area contributed by atoms with Crippen LogP contribution in [0.1, 0.15) is 43.7 Å². The molecule has 1 aliphatic carbocycles. The summed E-state index contributed by atoms with van der Waals surface area (Å²) in [5, 5.41) is 9.99. The molecule has 1 saturated carbocycles. The molecular formula is C13H17ClFNO. The molecule has 0 saturated heterocycles. The van der Waals surface area contributed by atoms with E-state index in [1.54, 1.807) is 6.07 Å². The summed E-state index contributed by atoms with van der Waals surface area (Å²) in [7, 11) is 0. The zero-order chi connectivity index (χ0) is 12.4. The number of nitrogens with two attached hydrogens (primary N) is 1. The molecule has 4 heteroatoms. The van der Waals surface area contributed by atoms with E-state index in [9.17, 15) is 9.50 Å². The predicted octanol–water partition coefficient (Wildman–Crippen LogP) is 3.76. The highest BCUT2D eigenvalue weighted by molar-refractivity contribution is 6.30. The van der Waals surface area contributed by atoms with E-state index >= 15 is 0 Å². The van der Waals surface area contributed by atoms with Gasteiger partial charge in [0.2, 0.25) is 0 Å². The van der Waals surface area contributed by atoms with Crippen LogP contribution in [0.25, 0.3) is 0 Å². The molecule has 2 nitrogen and oxygen atoms in total. The number of phenolic OH excluding ortho intramolecular Hbond substituents is 1. The molecule has 0 unspecified atom stereocenters. The molecule has 0 bridgehead atoms. The molecule has 0 heterocycles. The van der Waals surface area contributed by atoms with Gasteiger partial charge in [0.25, 0.3) is 0 Å². The number of halogens is 2. The normalized spacial score (nSPS) is 19.2. The van der Waals surface area contributed by atoms with E-state index in [0.29, 0.717) is 11.5 Å². The van der Waals surface area contributed by atoms with Crippen molar-refractivity contribution in [2.24, 2.45) is 11.7 Å². The Hall–Kier alpha value is -0.800. The number of hydrogen-bond donors (Lipinski definition) is 2. The number of benzene rings is 1. The quantitative estimate of drug-likeness (QED) is 0.847. The minimum Gasteiger partial charge on any atom is -0.505 e. The van der Waals surface area contributed by atoms with Crippen LogP contribution in [0, 0.1) is 11.7 Å². The predicted molar refractivity (Wildman–Crippen MR) is 66.6 cm³/mol. The lowest BCUT2D eigenvalue weighted by atomic mass is 9.81. The van der Waals surface area contributed by atoms with Crippen LogP contribution < -0.4 is 5.73 Å². The van der Waals surface area contributed by atoms with Gasteiger partial charge < -0.3 is 10.8 Å². The fraction of sp³-hybridized carbons (Fsp3) is 0.538. The molecule has 1 aromatic carbocycles. The Kier molecular flexibility index (Phi) is 3.89. The van der Waals surface area contributed by atoms with Crippen molar-refractivity contribution in [1.29, 1.82) is 0 Å². The van der Waals surface area contributed by atoms with Gasteiger partial charge >= 0.3 is 0 Å². The van der Waals surface area contributed by atoms with Gasteiger partial charge in [-0.25, -0.2) is 4.39 Å². The molecule has 0 aromatic heterocycles. The van der Waals surface area contributed by atoms with Gasteiger partial charge in [-0.2, -0.15) is 0 Å². The van der Waals surface area contributed by atoms with Crippen LogP contribution in [0.3, 0.4) is 0 Å². The zero-order valence-electron chi connectivity index (χ0n) is 9.63. The Balaban J connectivity index is 2.26. The highest BCUT2D eigenvalue weighted by Crippen LogP contribution is 2.38. The molecule has 1 aromatic rings. The molecule has 94 valence electrons. The minimum absolute atomic E-state index is 0.279. The van der Waals surface area contributed by atoms with E-state index in [1.807, 2.05) is 0 Å². The van der Waals surface area contributed by atoms with Gasteiger partial charge in [-0.05, 0) is 30.9 Å². The van der Waals surface area contributed by atoms with Gasteiger partial charge in [0.05, 0.1) is 0 Å². The lowest BCUT2D eigenvalue weighted by Crippen LogP contribution is -2.23. The van der Waals surface area contributed by atoms with Crippen molar-refractivity contribution < 1.29 is 9.50 Å². The molecule has 17 heavy (non-hydrogen) atoms. The molecular weight excluding hydrogens is 241 g/mol. The number of rotatable bonds is 2. The van der Waals surface area contributed by atoms with Crippen molar-refractivity contribution in [3.05, 3.63) is 28.5 Å². The Morgan fingerprint density at radius 2 is 1.94 bits per heavy atom. The van der Waals surface area contributed by atoms with Crippen LogP contribution >= 0.6 is 11.6 Å². The highest BCUT2D eigenvalue weighted by Gasteiger charge is 2.25. The maximum absolute atomic E-state index is 13.4. The maximum atomic E-state index is 13.4. The van der Waals surface area contributed by atoms with Gasteiger partial charge in [-0.1, -0.05) is 30.9 Å². The molecule has 2 rings (SSSR count). The van der Waals surface area contributed by atoms with Gasteiger partial charge in [0.15, 0.2) is 11.6 Å². The van der Waals surface area contributed by atoms with Gasteiger partial charge in [0.1, 0.15) is 0 Å². The molecule has 0 amide bonds. The standard InChI is InChI=1S/C13H17ClFNO/c14-9-6-10(13(17)11(15)7-9)12(16)8-4-2-1-3-5-8/h6-8,12,17H,1-5,16H2/t12-/m1/s1. The number of hydrogen-bond acceptors (Lipinski definition) is 2. The largest absolute Gasteiger partial charge is 0.505 e. The van der Waals surface area contributed by atoms with Crippen LogP contribution in [-0.4, -0.2) is 5.11 Å². The SMILES string of the molecule is N[C@@H](c1cc(Cl)cc(F)c1O)C1CCCCC1. The topological polar surface area (TPSA) is 46.2 Å². The van der Waals surface area contributed by atoms with Crippen molar-refractivity contribution in [3.63, 3.8) is 0 Å². The summed E-state index contributed by atoms with van der Waals surface area (Å²) in [6, 6.07) is 2.34. The lowest BCUT2D eigenvalue weighted by Gasteiger charge is -2.28. The van der Waals surface area contributed by atoms with E-state index in [0.717, 1.165) is 31.7 Å². The van der Waals surface area contributed by atoms with Crippen LogP contribution in [0.5, 0.6) is 5.75 Å². The molecule has 0 radical (unpaired) electrons. The van der Waals surface area contributed by atoms with Gasteiger partial charge in [-0.3, -0.25) is 0 Å². The monoisotopic (exact) mass is 257 g/mol. The smallest absolute Gasteiger partial charge is 0.166 e. The maximum Gasteiger partial charge on any atom is 0.166 e. The first-order chi connectivity index (χ1) is 8.09. The Morgan fingerprint density at radius 1 is 1.29 bits per heavy atom. The molecule has 0 aliphatic heterocycles. The average molecular weight is 258 g/mol. The second kappa shape index (κ2) is 5.23. The molecule has 3 N–H and O–H groups in total. The van der Waals surface area contributed by atoms with Crippen molar-refractivity contribution in [3.8, 4) is 5.75 Å². The number of phenols is 1. The van der Waals surface area contributed by atoms with E-state index in [1.165, 1.54) is 6.42 Å². The van der Waals surface area contributed by atoms with Crippen molar-refractivity contribution in [1.82, 2.24) is 0 Å². The second-order valence-corrected chi connectivity index (χ2v) is 5.19. The first-order valence-electron chi connectivity index (χ1n) is 6.03. The zero-order valence-corrected chi connectivity index (χ0v) is 10.4. The lowest BCUT2D eigenvalue weighted by molar-refractivity contribution is 0.301. The van der Waals surface area contributed by atoms with E-state index < -0.39 is 5.82 Å².